The van der Waals surface area contributed by atoms with E-state index >= 15 is 0 Å². The Labute approximate surface area is 156 Å². The summed E-state index contributed by atoms with van der Waals surface area (Å²) in [6.07, 6.45) is 0.0878. The van der Waals surface area contributed by atoms with Gasteiger partial charge in [0.2, 0.25) is 5.91 Å². The van der Waals surface area contributed by atoms with Gasteiger partial charge in [-0.15, -0.1) is 0 Å². The summed E-state index contributed by atoms with van der Waals surface area (Å²) in [6, 6.07) is 8.20. The summed E-state index contributed by atoms with van der Waals surface area (Å²) >= 11 is 12.1. The van der Waals surface area contributed by atoms with Crippen LogP contribution in [0.1, 0.15) is 23.1 Å². The summed E-state index contributed by atoms with van der Waals surface area (Å²) in [6.45, 7) is 5.99. The molecule has 1 atom stereocenters. The lowest BCUT2D eigenvalue weighted by Crippen LogP contribution is -2.35. The zero-order valence-corrected chi connectivity index (χ0v) is 15.7. The van der Waals surface area contributed by atoms with Crippen LogP contribution in [0.25, 0.3) is 0 Å². The Balaban J connectivity index is 1.89. The predicted octanol–water partition coefficient (Wildman–Crippen LogP) is 4.66. The predicted molar refractivity (Wildman–Crippen MR) is 102 cm³/mol. The Morgan fingerprint density at radius 3 is 2.28 bits per heavy atom. The average molecular weight is 377 g/mol. The van der Waals surface area contributed by atoms with E-state index in [1.807, 2.05) is 32.9 Å². The molecule has 1 fully saturated rings. The number of amides is 2. The number of hydrogen-bond donors (Lipinski definition) is 1. The molecule has 2 aromatic carbocycles. The number of imide groups is 1. The van der Waals surface area contributed by atoms with Crippen LogP contribution in [0.3, 0.4) is 0 Å². The minimum Gasteiger partial charge on any atom is -0.373 e. The number of benzene rings is 2. The fourth-order valence-electron chi connectivity index (χ4n) is 3.24. The molecule has 2 aromatic rings. The van der Waals surface area contributed by atoms with E-state index in [2.05, 4.69) is 5.32 Å². The van der Waals surface area contributed by atoms with E-state index in [0.29, 0.717) is 10.7 Å². The summed E-state index contributed by atoms with van der Waals surface area (Å²) in [5, 5.41) is 3.96. The number of halogens is 2. The van der Waals surface area contributed by atoms with Crippen molar-refractivity contribution in [1.82, 2.24) is 0 Å². The lowest BCUT2D eigenvalue weighted by Gasteiger charge is -2.19. The first-order valence-electron chi connectivity index (χ1n) is 7.94. The van der Waals surface area contributed by atoms with Crippen molar-refractivity contribution in [3.05, 3.63) is 57.1 Å². The van der Waals surface area contributed by atoms with Gasteiger partial charge in [0.15, 0.2) is 0 Å². The average Bonchev–Trinajstić information content (AvgIpc) is 2.78. The Morgan fingerprint density at radius 2 is 1.68 bits per heavy atom. The number of nitrogens with zero attached hydrogens (tertiary/aromatic N) is 1. The monoisotopic (exact) mass is 376 g/mol. The minimum absolute atomic E-state index is 0.0878. The van der Waals surface area contributed by atoms with Gasteiger partial charge in [0.1, 0.15) is 6.04 Å². The van der Waals surface area contributed by atoms with Crippen LogP contribution in [0.2, 0.25) is 10.0 Å². The van der Waals surface area contributed by atoms with Gasteiger partial charge in [0.25, 0.3) is 5.91 Å². The molecule has 0 aromatic heterocycles. The smallest absolute Gasteiger partial charge is 0.256 e. The van der Waals surface area contributed by atoms with Crippen LogP contribution in [-0.2, 0) is 9.59 Å². The summed E-state index contributed by atoms with van der Waals surface area (Å²) in [5.41, 5.74) is 4.49. The first kappa shape index (κ1) is 17.8. The maximum atomic E-state index is 12.8. The van der Waals surface area contributed by atoms with Crippen LogP contribution in [0.4, 0.5) is 11.4 Å². The molecule has 0 aliphatic carbocycles. The molecule has 1 saturated heterocycles. The van der Waals surface area contributed by atoms with E-state index in [1.54, 1.807) is 12.1 Å². The van der Waals surface area contributed by atoms with Gasteiger partial charge in [-0.05, 0) is 50.1 Å². The lowest BCUT2D eigenvalue weighted by atomic mass is 10.0. The van der Waals surface area contributed by atoms with Crippen molar-refractivity contribution < 1.29 is 9.59 Å². The molecular weight excluding hydrogens is 359 g/mol. The fourth-order valence-corrected chi connectivity index (χ4v) is 3.74. The van der Waals surface area contributed by atoms with Gasteiger partial charge in [-0.25, -0.2) is 4.90 Å². The van der Waals surface area contributed by atoms with Crippen LogP contribution >= 0.6 is 23.2 Å². The maximum absolute atomic E-state index is 12.8. The van der Waals surface area contributed by atoms with Crippen molar-refractivity contribution in [1.29, 1.82) is 0 Å². The molecule has 1 unspecified atom stereocenters. The maximum Gasteiger partial charge on any atom is 0.256 e. The first-order valence-corrected chi connectivity index (χ1v) is 8.69. The molecule has 1 N–H and O–H groups in total. The van der Waals surface area contributed by atoms with Crippen molar-refractivity contribution >= 4 is 46.4 Å². The van der Waals surface area contributed by atoms with Crippen LogP contribution in [0, 0.1) is 20.8 Å². The van der Waals surface area contributed by atoms with Gasteiger partial charge < -0.3 is 5.32 Å². The van der Waals surface area contributed by atoms with E-state index < -0.39 is 6.04 Å². The molecule has 0 spiro atoms. The summed E-state index contributed by atoms with van der Waals surface area (Å²) in [7, 11) is 0. The number of nitrogens with one attached hydrogen (secondary N) is 1. The molecule has 130 valence electrons. The summed E-state index contributed by atoms with van der Waals surface area (Å²) in [4.78, 5) is 26.4. The molecule has 0 bridgehead atoms. The fraction of sp³-hybridized carbons (Fsp3) is 0.263. The zero-order chi connectivity index (χ0) is 18.3. The normalized spacial score (nSPS) is 17.3. The molecule has 1 aliphatic rings. The van der Waals surface area contributed by atoms with E-state index in [9.17, 15) is 9.59 Å². The van der Waals surface area contributed by atoms with Crippen molar-refractivity contribution in [2.45, 2.75) is 33.2 Å². The van der Waals surface area contributed by atoms with E-state index in [0.717, 1.165) is 27.3 Å². The third-order valence-corrected chi connectivity index (χ3v) is 4.83. The van der Waals surface area contributed by atoms with Gasteiger partial charge in [0.05, 0.1) is 17.1 Å². The molecule has 25 heavy (non-hydrogen) atoms. The van der Waals surface area contributed by atoms with Crippen molar-refractivity contribution in [2.75, 3.05) is 10.2 Å². The summed E-state index contributed by atoms with van der Waals surface area (Å²) < 4.78 is 0. The number of carbonyl (C=O) groups is 2. The van der Waals surface area contributed by atoms with Gasteiger partial charge in [0, 0.05) is 10.7 Å². The lowest BCUT2D eigenvalue weighted by molar-refractivity contribution is -0.121. The Kier molecular flexibility index (Phi) is 4.76. The number of aryl methyl sites for hydroxylation is 3. The SMILES string of the molecule is Cc1cc(C)c(NC2CC(=O)N(c3ccc(Cl)cc3Cl)C2=O)c(C)c1. The molecule has 2 amide bonds. The standard InChI is InChI=1S/C19H18Cl2N2O2/c1-10-6-11(2)18(12(3)7-10)22-15-9-17(24)23(19(15)25)16-5-4-13(20)8-14(16)21/h4-8,15,22H,9H2,1-3H3. The second-order valence-corrected chi connectivity index (χ2v) is 7.18. The highest BCUT2D eigenvalue weighted by atomic mass is 35.5. The largest absolute Gasteiger partial charge is 0.373 e. The molecule has 1 aliphatic heterocycles. The van der Waals surface area contributed by atoms with E-state index in [4.69, 9.17) is 23.2 Å². The molecule has 4 nitrogen and oxygen atoms in total. The van der Waals surface area contributed by atoms with Crippen LogP contribution < -0.4 is 10.2 Å². The molecule has 0 saturated carbocycles. The second kappa shape index (κ2) is 6.70. The summed E-state index contributed by atoms with van der Waals surface area (Å²) in [5.74, 6) is -0.595. The Morgan fingerprint density at radius 1 is 1.04 bits per heavy atom. The van der Waals surface area contributed by atoms with Crippen LogP contribution in [0.15, 0.2) is 30.3 Å². The third kappa shape index (κ3) is 3.37. The number of anilines is 2. The molecule has 6 heteroatoms. The van der Waals surface area contributed by atoms with Crippen molar-refractivity contribution in [3.63, 3.8) is 0 Å². The zero-order valence-electron chi connectivity index (χ0n) is 14.2. The Bertz CT molecular complexity index is 857. The minimum atomic E-state index is -0.612. The molecule has 1 heterocycles. The van der Waals surface area contributed by atoms with Crippen molar-refractivity contribution in [3.8, 4) is 0 Å². The van der Waals surface area contributed by atoms with Gasteiger partial charge in [-0.2, -0.15) is 0 Å². The Hall–Kier alpha value is -2.04. The highest BCUT2D eigenvalue weighted by Gasteiger charge is 2.40. The molecule has 0 radical (unpaired) electrons. The van der Waals surface area contributed by atoms with Crippen LogP contribution in [0.5, 0.6) is 0 Å². The van der Waals surface area contributed by atoms with E-state index in [-0.39, 0.29) is 23.3 Å². The van der Waals surface area contributed by atoms with Gasteiger partial charge >= 0.3 is 0 Å². The van der Waals surface area contributed by atoms with Crippen LogP contribution in [-0.4, -0.2) is 17.9 Å². The topological polar surface area (TPSA) is 49.4 Å². The molecule has 3 rings (SSSR count). The van der Waals surface area contributed by atoms with Gasteiger partial charge in [-0.3, -0.25) is 9.59 Å². The van der Waals surface area contributed by atoms with Crippen molar-refractivity contribution in [2.24, 2.45) is 0 Å². The number of rotatable bonds is 3. The second-order valence-electron chi connectivity index (χ2n) is 6.34. The first-order chi connectivity index (χ1) is 11.8. The van der Waals surface area contributed by atoms with E-state index in [1.165, 1.54) is 6.07 Å². The number of hydrogen-bond acceptors (Lipinski definition) is 3. The third-order valence-electron chi connectivity index (χ3n) is 4.29. The highest BCUT2D eigenvalue weighted by molar-refractivity contribution is 6.38. The quantitative estimate of drug-likeness (QED) is 0.792. The van der Waals surface area contributed by atoms with Gasteiger partial charge in [-0.1, -0.05) is 40.9 Å². The molecular formula is C19H18Cl2N2O2. The highest BCUT2D eigenvalue weighted by Crippen LogP contribution is 2.33. The number of carbonyl (C=O) groups excluding carboxylic acids is 2.